The second-order valence-electron chi connectivity index (χ2n) is 2.48. The van der Waals surface area contributed by atoms with Gasteiger partial charge < -0.3 is 4.84 Å². The first kappa shape index (κ1) is 7.32. The number of rotatable bonds is 2. The monoisotopic (exact) mass is 139 g/mol. The number of hydrogen-bond acceptors (Lipinski definition) is 2. The van der Waals surface area contributed by atoms with Crippen molar-refractivity contribution in [1.82, 2.24) is 0 Å². The predicted octanol–water partition coefficient (Wildman–Crippen LogP) is 1.97. The van der Waals surface area contributed by atoms with E-state index in [2.05, 4.69) is 22.1 Å². The molecule has 56 valence electrons. The van der Waals surface area contributed by atoms with Gasteiger partial charge in [-0.1, -0.05) is 17.3 Å². The summed E-state index contributed by atoms with van der Waals surface area (Å²) in [6.07, 6.45) is 9.83. The summed E-state index contributed by atoms with van der Waals surface area (Å²) in [6.45, 7) is 0. The van der Waals surface area contributed by atoms with E-state index in [1.807, 2.05) is 6.21 Å². The third-order valence-corrected chi connectivity index (χ3v) is 1.69. The predicted molar refractivity (Wildman–Crippen MR) is 42.0 cm³/mol. The molecule has 0 aliphatic heterocycles. The van der Waals surface area contributed by atoms with E-state index in [-0.39, 0.29) is 0 Å². The molecule has 0 saturated heterocycles. The fourth-order valence-corrected chi connectivity index (χ4v) is 1.10. The highest BCUT2D eigenvalue weighted by molar-refractivity contribution is 5.60. The van der Waals surface area contributed by atoms with Gasteiger partial charge in [0.2, 0.25) is 0 Å². The zero-order valence-electron chi connectivity index (χ0n) is 6.29. The van der Waals surface area contributed by atoms with E-state index in [9.17, 15) is 0 Å². The second-order valence-corrected chi connectivity index (χ2v) is 2.48. The minimum absolute atomic E-state index is 0.602. The molecule has 0 aromatic heterocycles. The molecule has 0 fully saturated rings. The molecule has 0 amide bonds. The fraction of sp³-hybridized carbons (Fsp3) is 0.625. The SMILES string of the molecule is CO/N=C/C1CC=CCC1. The molecule has 2 nitrogen and oxygen atoms in total. The molecule has 0 aromatic carbocycles. The molecular formula is C8H13NO. The molecule has 1 rings (SSSR count). The Morgan fingerprint density at radius 1 is 1.60 bits per heavy atom. The summed E-state index contributed by atoms with van der Waals surface area (Å²) in [5, 5.41) is 3.74. The summed E-state index contributed by atoms with van der Waals surface area (Å²) >= 11 is 0. The highest BCUT2D eigenvalue weighted by Gasteiger charge is 2.05. The van der Waals surface area contributed by atoms with E-state index in [1.165, 1.54) is 12.8 Å². The van der Waals surface area contributed by atoms with Crippen LogP contribution >= 0.6 is 0 Å². The van der Waals surface area contributed by atoms with Gasteiger partial charge in [0.05, 0.1) is 0 Å². The Balaban J connectivity index is 2.28. The van der Waals surface area contributed by atoms with E-state index >= 15 is 0 Å². The Kier molecular flexibility index (Phi) is 3.00. The molecule has 1 aliphatic rings. The van der Waals surface area contributed by atoms with Crippen molar-refractivity contribution in [3.8, 4) is 0 Å². The van der Waals surface area contributed by atoms with Gasteiger partial charge in [0.15, 0.2) is 0 Å². The highest BCUT2D eigenvalue weighted by Crippen LogP contribution is 2.15. The van der Waals surface area contributed by atoms with E-state index in [0.717, 1.165) is 6.42 Å². The van der Waals surface area contributed by atoms with Crippen LogP contribution < -0.4 is 0 Å². The fourth-order valence-electron chi connectivity index (χ4n) is 1.10. The molecule has 0 aromatic rings. The lowest BCUT2D eigenvalue weighted by Crippen LogP contribution is -2.03. The Morgan fingerprint density at radius 2 is 2.50 bits per heavy atom. The molecule has 0 heterocycles. The van der Waals surface area contributed by atoms with E-state index in [1.54, 1.807) is 7.11 Å². The van der Waals surface area contributed by atoms with Gasteiger partial charge in [0.1, 0.15) is 7.11 Å². The van der Waals surface area contributed by atoms with Crippen LogP contribution in [-0.2, 0) is 4.84 Å². The van der Waals surface area contributed by atoms with Gasteiger partial charge >= 0.3 is 0 Å². The van der Waals surface area contributed by atoms with Gasteiger partial charge in [-0.15, -0.1) is 0 Å². The number of oxime groups is 1. The molecule has 1 unspecified atom stereocenters. The molecule has 1 aliphatic carbocycles. The van der Waals surface area contributed by atoms with Crippen LogP contribution in [0.25, 0.3) is 0 Å². The van der Waals surface area contributed by atoms with Crippen molar-refractivity contribution in [2.45, 2.75) is 19.3 Å². The minimum Gasteiger partial charge on any atom is -0.399 e. The normalized spacial score (nSPS) is 25.5. The zero-order valence-corrected chi connectivity index (χ0v) is 6.29. The van der Waals surface area contributed by atoms with Crippen molar-refractivity contribution in [2.75, 3.05) is 7.11 Å². The van der Waals surface area contributed by atoms with Crippen LogP contribution in [0.15, 0.2) is 17.3 Å². The van der Waals surface area contributed by atoms with Gasteiger partial charge in [0, 0.05) is 12.1 Å². The average Bonchev–Trinajstić information content (AvgIpc) is 2.03. The molecule has 10 heavy (non-hydrogen) atoms. The van der Waals surface area contributed by atoms with Crippen LogP contribution in [0.1, 0.15) is 19.3 Å². The average molecular weight is 139 g/mol. The van der Waals surface area contributed by atoms with Gasteiger partial charge in [0.25, 0.3) is 0 Å². The topological polar surface area (TPSA) is 21.6 Å². The first-order chi connectivity index (χ1) is 4.93. The standard InChI is InChI=1S/C8H13NO/c1-10-9-7-8-5-3-2-4-6-8/h2-3,7-8H,4-6H2,1H3/b9-7+. The van der Waals surface area contributed by atoms with Crippen molar-refractivity contribution in [2.24, 2.45) is 11.1 Å². The lowest BCUT2D eigenvalue weighted by Gasteiger charge is -2.10. The smallest absolute Gasteiger partial charge is 0.106 e. The third kappa shape index (κ3) is 2.21. The molecule has 0 radical (unpaired) electrons. The Labute approximate surface area is 61.6 Å². The van der Waals surface area contributed by atoms with Crippen LogP contribution in [0, 0.1) is 5.92 Å². The lowest BCUT2D eigenvalue weighted by atomic mass is 9.96. The molecule has 0 spiro atoms. The first-order valence-corrected chi connectivity index (χ1v) is 3.65. The first-order valence-electron chi connectivity index (χ1n) is 3.65. The Morgan fingerprint density at radius 3 is 3.10 bits per heavy atom. The quantitative estimate of drug-likeness (QED) is 0.325. The summed E-state index contributed by atoms with van der Waals surface area (Å²) in [5.74, 6) is 0.602. The van der Waals surface area contributed by atoms with Crippen molar-refractivity contribution >= 4 is 6.21 Å². The van der Waals surface area contributed by atoms with E-state index < -0.39 is 0 Å². The summed E-state index contributed by atoms with van der Waals surface area (Å²) in [6, 6.07) is 0. The van der Waals surface area contributed by atoms with Crippen molar-refractivity contribution in [1.29, 1.82) is 0 Å². The maximum absolute atomic E-state index is 4.59. The van der Waals surface area contributed by atoms with Gasteiger partial charge in [-0.3, -0.25) is 0 Å². The van der Waals surface area contributed by atoms with Crippen LogP contribution in [0.3, 0.4) is 0 Å². The number of allylic oxidation sites excluding steroid dienone is 2. The van der Waals surface area contributed by atoms with Gasteiger partial charge in [-0.05, 0) is 19.3 Å². The van der Waals surface area contributed by atoms with Crippen LogP contribution in [0.5, 0.6) is 0 Å². The van der Waals surface area contributed by atoms with E-state index in [4.69, 9.17) is 0 Å². The maximum atomic E-state index is 4.59. The van der Waals surface area contributed by atoms with Crippen LogP contribution in [0.2, 0.25) is 0 Å². The number of nitrogens with zero attached hydrogens (tertiary/aromatic N) is 1. The molecule has 2 heteroatoms. The summed E-state index contributed by atoms with van der Waals surface area (Å²) in [4.78, 5) is 4.59. The Hall–Kier alpha value is -0.790. The van der Waals surface area contributed by atoms with Crippen LogP contribution in [0.4, 0.5) is 0 Å². The van der Waals surface area contributed by atoms with Gasteiger partial charge in [-0.2, -0.15) is 0 Å². The summed E-state index contributed by atoms with van der Waals surface area (Å²) in [7, 11) is 1.58. The number of hydrogen-bond donors (Lipinski definition) is 0. The minimum atomic E-state index is 0.602. The summed E-state index contributed by atoms with van der Waals surface area (Å²) < 4.78 is 0. The van der Waals surface area contributed by atoms with Crippen molar-refractivity contribution in [3.63, 3.8) is 0 Å². The molecule has 0 bridgehead atoms. The molecule has 0 N–H and O–H groups in total. The third-order valence-electron chi connectivity index (χ3n) is 1.69. The van der Waals surface area contributed by atoms with E-state index in [0.29, 0.717) is 5.92 Å². The molecule has 1 atom stereocenters. The van der Waals surface area contributed by atoms with Crippen molar-refractivity contribution < 1.29 is 4.84 Å². The van der Waals surface area contributed by atoms with Crippen molar-refractivity contribution in [3.05, 3.63) is 12.2 Å². The van der Waals surface area contributed by atoms with Gasteiger partial charge in [-0.25, -0.2) is 0 Å². The molecule has 0 saturated carbocycles. The zero-order chi connectivity index (χ0) is 7.23. The second kappa shape index (κ2) is 4.09. The lowest BCUT2D eigenvalue weighted by molar-refractivity contribution is 0.213. The summed E-state index contributed by atoms with van der Waals surface area (Å²) in [5.41, 5.74) is 0. The molecular weight excluding hydrogens is 126 g/mol. The van der Waals surface area contributed by atoms with Crippen LogP contribution in [-0.4, -0.2) is 13.3 Å². The largest absolute Gasteiger partial charge is 0.399 e. The highest BCUT2D eigenvalue weighted by atomic mass is 16.6. The maximum Gasteiger partial charge on any atom is 0.106 e. The Bertz CT molecular complexity index is 140.